The molecule has 1 unspecified atom stereocenters. The highest BCUT2D eigenvalue weighted by molar-refractivity contribution is 5.70. The molecule has 4 heteroatoms. The molecule has 0 aliphatic carbocycles. The second-order valence-corrected chi connectivity index (χ2v) is 5.05. The predicted octanol–water partition coefficient (Wildman–Crippen LogP) is 2.92. The van der Waals surface area contributed by atoms with Gasteiger partial charge in [-0.05, 0) is 50.5 Å². The summed E-state index contributed by atoms with van der Waals surface area (Å²) in [5.74, 6) is 0.0953. The van der Waals surface area contributed by atoms with Gasteiger partial charge in [-0.25, -0.2) is 0 Å². The van der Waals surface area contributed by atoms with Crippen LogP contribution in [0.3, 0.4) is 0 Å². The Morgan fingerprint density at radius 3 is 2.42 bits per heavy atom. The number of anilines is 1. The first-order chi connectivity index (χ1) is 8.79. The molecule has 0 saturated heterocycles. The largest absolute Gasteiger partial charge is 0.496 e. The van der Waals surface area contributed by atoms with Crippen LogP contribution in [0.1, 0.15) is 30.0 Å². The summed E-state index contributed by atoms with van der Waals surface area (Å²) in [5, 5.41) is 8.91. The molecule has 0 aromatic heterocycles. The van der Waals surface area contributed by atoms with Crippen molar-refractivity contribution in [3.63, 3.8) is 0 Å². The van der Waals surface area contributed by atoms with E-state index in [2.05, 4.69) is 0 Å². The van der Waals surface area contributed by atoms with Crippen molar-refractivity contribution >= 4 is 11.7 Å². The number of carboxylic acids is 1. The van der Waals surface area contributed by atoms with Gasteiger partial charge in [0.05, 0.1) is 13.5 Å². The molecule has 0 saturated carbocycles. The molecule has 0 amide bonds. The third-order valence-corrected chi connectivity index (χ3v) is 3.71. The van der Waals surface area contributed by atoms with E-state index in [1.165, 1.54) is 0 Å². The van der Waals surface area contributed by atoms with Crippen molar-refractivity contribution in [3.05, 3.63) is 22.8 Å². The number of hydrogen-bond donors (Lipinski definition) is 1. The summed E-state index contributed by atoms with van der Waals surface area (Å²) in [4.78, 5) is 12.9. The van der Waals surface area contributed by atoms with Crippen LogP contribution in [0.2, 0.25) is 0 Å². The normalized spacial score (nSPS) is 12.1. The van der Waals surface area contributed by atoms with Crippen molar-refractivity contribution < 1.29 is 14.6 Å². The van der Waals surface area contributed by atoms with Crippen LogP contribution in [0.4, 0.5) is 5.69 Å². The highest BCUT2D eigenvalue weighted by Gasteiger charge is 2.19. The molecule has 1 aromatic rings. The van der Waals surface area contributed by atoms with Gasteiger partial charge in [0.25, 0.3) is 0 Å². The van der Waals surface area contributed by atoms with Gasteiger partial charge in [0.15, 0.2) is 0 Å². The maximum atomic E-state index is 10.8. The summed E-state index contributed by atoms with van der Waals surface area (Å²) in [6.07, 6.45) is 0.125. The van der Waals surface area contributed by atoms with Crippen LogP contribution < -0.4 is 9.64 Å². The third kappa shape index (κ3) is 3.19. The minimum absolute atomic E-state index is 0.0531. The maximum Gasteiger partial charge on any atom is 0.305 e. The van der Waals surface area contributed by atoms with Crippen LogP contribution in [0.15, 0.2) is 6.07 Å². The van der Waals surface area contributed by atoms with Crippen molar-refractivity contribution in [2.75, 3.05) is 19.1 Å². The van der Waals surface area contributed by atoms with Crippen molar-refractivity contribution in [3.8, 4) is 5.75 Å². The van der Waals surface area contributed by atoms with E-state index in [0.29, 0.717) is 0 Å². The average Bonchev–Trinajstić information content (AvgIpc) is 2.32. The van der Waals surface area contributed by atoms with Gasteiger partial charge < -0.3 is 14.7 Å². The smallest absolute Gasteiger partial charge is 0.305 e. The van der Waals surface area contributed by atoms with E-state index >= 15 is 0 Å². The summed E-state index contributed by atoms with van der Waals surface area (Å²) < 4.78 is 5.35. The summed E-state index contributed by atoms with van der Waals surface area (Å²) >= 11 is 0. The fourth-order valence-corrected chi connectivity index (χ4v) is 2.40. The second-order valence-electron chi connectivity index (χ2n) is 5.05. The third-order valence-electron chi connectivity index (χ3n) is 3.71. The Hall–Kier alpha value is -1.71. The Kier molecular flexibility index (Phi) is 4.81. The van der Waals surface area contributed by atoms with Crippen LogP contribution in [-0.2, 0) is 4.79 Å². The number of methoxy groups -OCH3 is 1. The number of benzene rings is 1. The van der Waals surface area contributed by atoms with Crippen LogP contribution in [-0.4, -0.2) is 31.3 Å². The van der Waals surface area contributed by atoms with Gasteiger partial charge >= 0.3 is 5.97 Å². The Morgan fingerprint density at radius 1 is 1.37 bits per heavy atom. The van der Waals surface area contributed by atoms with Crippen LogP contribution in [0.25, 0.3) is 0 Å². The van der Waals surface area contributed by atoms with Crippen LogP contribution in [0, 0.1) is 20.8 Å². The number of ether oxygens (including phenoxy) is 1. The maximum absolute atomic E-state index is 10.8. The summed E-state index contributed by atoms with van der Waals surface area (Å²) in [6, 6.07) is 1.95. The van der Waals surface area contributed by atoms with Gasteiger partial charge in [-0.2, -0.15) is 0 Å². The zero-order valence-corrected chi connectivity index (χ0v) is 12.6. The zero-order valence-electron chi connectivity index (χ0n) is 12.6. The van der Waals surface area contributed by atoms with Gasteiger partial charge in [-0.3, -0.25) is 4.79 Å². The van der Waals surface area contributed by atoms with Crippen molar-refractivity contribution in [1.82, 2.24) is 0 Å². The number of aryl methyl sites for hydroxylation is 1. The lowest BCUT2D eigenvalue weighted by Gasteiger charge is -2.30. The van der Waals surface area contributed by atoms with Crippen molar-refractivity contribution in [1.29, 1.82) is 0 Å². The molecule has 106 valence electrons. The fourth-order valence-electron chi connectivity index (χ4n) is 2.40. The van der Waals surface area contributed by atoms with Crippen LogP contribution >= 0.6 is 0 Å². The zero-order chi connectivity index (χ0) is 14.7. The lowest BCUT2D eigenvalue weighted by atomic mass is 10.00. The first kappa shape index (κ1) is 15.3. The first-order valence-corrected chi connectivity index (χ1v) is 6.39. The number of carboxylic acid groups (broad SMARTS) is 1. The van der Waals surface area contributed by atoms with Gasteiger partial charge in [0, 0.05) is 18.8 Å². The molecule has 0 spiro atoms. The summed E-state index contributed by atoms with van der Waals surface area (Å²) in [5.41, 5.74) is 4.42. The second kappa shape index (κ2) is 5.95. The molecule has 19 heavy (non-hydrogen) atoms. The number of rotatable bonds is 5. The monoisotopic (exact) mass is 265 g/mol. The van der Waals surface area contributed by atoms with Crippen LogP contribution in [0.5, 0.6) is 5.75 Å². The lowest BCUT2D eigenvalue weighted by Crippen LogP contribution is -2.32. The molecular weight excluding hydrogens is 242 g/mol. The van der Waals surface area contributed by atoms with Crippen molar-refractivity contribution in [2.24, 2.45) is 0 Å². The summed E-state index contributed by atoms with van der Waals surface area (Å²) in [7, 11) is 3.60. The summed E-state index contributed by atoms with van der Waals surface area (Å²) in [6.45, 7) is 8.01. The minimum atomic E-state index is -0.778. The van der Waals surface area contributed by atoms with Gasteiger partial charge in [0.2, 0.25) is 0 Å². The Balaban J connectivity index is 3.20. The number of nitrogens with zero attached hydrogens (tertiary/aromatic N) is 1. The molecule has 0 aliphatic rings. The number of aliphatic carboxylic acids is 1. The molecule has 1 atom stereocenters. The number of carbonyl (C=O) groups is 1. The standard InChI is InChI=1S/C15H23NO3/c1-9-7-13(19-6)11(3)12(4)15(9)16(5)10(2)8-14(17)18/h7,10H,8H2,1-6H3,(H,17,18). The van der Waals surface area contributed by atoms with Gasteiger partial charge in [-0.15, -0.1) is 0 Å². The molecule has 0 fully saturated rings. The molecule has 1 aromatic carbocycles. The SMILES string of the molecule is COc1cc(C)c(N(C)C(C)CC(=O)O)c(C)c1C. The van der Waals surface area contributed by atoms with E-state index in [-0.39, 0.29) is 12.5 Å². The topological polar surface area (TPSA) is 49.8 Å². The van der Waals surface area contributed by atoms with E-state index < -0.39 is 5.97 Å². The fraction of sp³-hybridized carbons (Fsp3) is 0.533. The van der Waals surface area contributed by atoms with E-state index in [1.54, 1.807) is 7.11 Å². The van der Waals surface area contributed by atoms with Gasteiger partial charge in [-0.1, -0.05) is 0 Å². The van der Waals surface area contributed by atoms with E-state index in [4.69, 9.17) is 9.84 Å². The molecule has 0 aliphatic heterocycles. The molecule has 0 heterocycles. The van der Waals surface area contributed by atoms with E-state index in [9.17, 15) is 4.79 Å². The molecule has 4 nitrogen and oxygen atoms in total. The Labute approximate surface area is 115 Å². The molecule has 1 rings (SSSR count). The molecule has 1 N–H and O–H groups in total. The lowest BCUT2D eigenvalue weighted by molar-refractivity contribution is -0.137. The molecular formula is C15H23NO3. The highest BCUT2D eigenvalue weighted by atomic mass is 16.5. The Bertz CT molecular complexity index is 483. The molecule has 0 bridgehead atoms. The molecule has 0 radical (unpaired) electrons. The minimum Gasteiger partial charge on any atom is -0.496 e. The highest BCUT2D eigenvalue weighted by Crippen LogP contribution is 2.34. The van der Waals surface area contributed by atoms with Gasteiger partial charge in [0.1, 0.15) is 5.75 Å². The quantitative estimate of drug-likeness (QED) is 0.889. The average molecular weight is 265 g/mol. The Morgan fingerprint density at radius 2 is 1.95 bits per heavy atom. The number of hydrogen-bond acceptors (Lipinski definition) is 3. The predicted molar refractivity (Wildman–Crippen MR) is 77.3 cm³/mol. The van der Waals surface area contributed by atoms with Crippen molar-refractivity contribution in [2.45, 2.75) is 40.2 Å². The van der Waals surface area contributed by atoms with E-state index in [1.807, 2.05) is 45.7 Å². The van der Waals surface area contributed by atoms with E-state index in [0.717, 1.165) is 28.1 Å². The first-order valence-electron chi connectivity index (χ1n) is 6.39.